The number of benzene rings is 2. The van der Waals surface area contributed by atoms with Gasteiger partial charge in [-0.1, -0.05) is 19.1 Å². The van der Waals surface area contributed by atoms with Crippen LogP contribution in [0.25, 0.3) is 10.9 Å². The fourth-order valence-electron chi connectivity index (χ4n) is 2.66. The highest BCUT2D eigenvalue weighted by Gasteiger charge is 2.11. The summed E-state index contributed by atoms with van der Waals surface area (Å²) in [5.41, 5.74) is 4.30. The summed E-state index contributed by atoms with van der Waals surface area (Å²) in [4.78, 5) is 4.37. The molecule has 0 fully saturated rings. The van der Waals surface area contributed by atoms with Crippen molar-refractivity contribution in [1.29, 1.82) is 5.26 Å². The maximum atomic E-state index is 9.47. The number of rotatable bonds is 5. The summed E-state index contributed by atoms with van der Waals surface area (Å²) in [5, 5.41) is 13.7. The maximum absolute atomic E-state index is 9.47. The summed E-state index contributed by atoms with van der Waals surface area (Å²) in [7, 11) is 0. The first-order valence-electron chi connectivity index (χ1n) is 8.06. The molecule has 0 aliphatic rings. The van der Waals surface area contributed by atoms with Crippen molar-refractivity contribution >= 4 is 34.7 Å². The number of pyridine rings is 1. The van der Waals surface area contributed by atoms with Crippen molar-refractivity contribution in [3.05, 3.63) is 59.8 Å². The molecule has 25 heavy (non-hydrogen) atoms. The van der Waals surface area contributed by atoms with Crippen LogP contribution >= 0.6 is 12.4 Å². The lowest BCUT2D eigenvalue weighted by Crippen LogP contribution is -1.98. The quantitative estimate of drug-likeness (QED) is 0.682. The van der Waals surface area contributed by atoms with Crippen molar-refractivity contribution in [2.24, 2.45) is 0 Å². The Hall–Kier alpha value is -2.77. The summed E-state index contributed by atoms with van der Waals surface area (Å²) >= 11 is 0. The Kier molecular flexibility index (Phi) is 6.21. The molecule has 0 aliphatic carbocycles. The van der Waals surface area contributed by atoms with Gasteiger partial charge in [0.25, 0.3) is 0 Å². The van der Waals surface area contributed by atoms with Crippen molar-refractivity contribution < 1.29 is 4.74 Å². The van der Waals surface area contributed by atoms with Crippen LogP contribution in [0.4, 0.5) is 11.4 Å². The number of hydrogen-bond donors (Lipinski definition) is 1. The lowest BCUT2D eigenvalue weighted by Gasteiger charge is -2.13. The minimum absolute atomic E-state index is 0. The van der Waals surface area contributed by atoms with Gasteiger partial charge in [-0.3, -0.25) is 4.98 Å². The van der Waals surface area contributed by atoms with E-state index in [2.05, 4.69) is 35.4 Å². The number of aromatic nitrogens is 1. The SMILES string of the molecule is CCOc1ccc2ncc(C#N)c(Nc3cccc(CC)c3)c2c1.Cl. The van der Waals surface area contributed by atoms with Crippen LogP contribution in [-0.2, 0) is 6.42 Å². The van der Waals surface area contributed by atoms with Crippen LogP contribution in [0.3, 0.4) is 0 Å². The Morgan fingerprint density at radius 3 is 2.72 bits per heavy atom. The molecule has 128 valence electrons. The second kappa shape index (κ2) is 8.36. The monoisotopic (exact) mass is 353 g/mol. The zero-order valence-electron chi connectivity index (χ0n) is 14.2. The number of aryl methyl sites for hydroxylation is 1. The molecule has 1 N–H and O–H groups in total. The van der Waals surface area contributed by atoms with E-state index in [1.54, 1.807) is 6.20 Å². The van der Waals surface area contributed by atoms with Crippen molar-refractivity contribution in [3.63, 3.8) is 0 Å². The highest BCUT2D eigenvalue weighted by molar-refractivity contribution is 5.96. The average molecular weight is 354 g/mol. The number of nitrogens with zero attached hydrogens (tertiary/aromatic N) is 2. The normalized spacial score (nSPS) is 9.96. The van der Waals surface area contributed by atoms with E-state index in [1.807, 2.05) is 37.3 Å². The lowest BCUT2D eigenvalue weighted by molar-refractivity contribution is 0.340. The Balaban J connectivity index is 0.00000225. The van der Waals surface area contributed by atoms with Crippen molar-refractivity contribution in [1.82, 2.24) is 4.98 Å². The molecule has 2 aromatic carbocycles. The molecular weight excluding hydrogens is 334 g/mol. The summed E-state index contributed by atoms with van der Waals surface area (Å²) in [6, 6.07) is 16.2. The van der Waals surface area contributed by atoms with E-state index >= 15 is 0 Å². The van der Waals surface area contributed by atoms with E-state index in [4.69, 9.17) is 4.74 Å². The molecule has 0 unspecified atom stereocenters. The zero-order chi connectivity index (χ0) is 16.9. The second-order valence-corrected chi connectivity index (χ2v) is 5.45. The van der Waals surface area contributed by atoms with E-state index < -0.39 is 0 Å². The first-order chi connectivity index (χ1) is 11.7. The van der Waals surface area contributed by atoms with Gasteiger partial charge < -0.3 is 10.1 Å². The molecule has 1 heterocycles. The van der Waals surface area contributed by atoms with Gasteiger partial charge >= 0.3 is 0 Å². The fraction of sp³-hybridized carbons (Fsp3) is 0.200. The van der Waals surface area contributed by atoms with Crippen LogP contribution in [0.2, 0.25) is 0 Å². The second-order valence-electron chi connectivity index (χ2n) is 5.45. The smallest absolute Gasteiger partial charge is 0.120 e. The first kappa shape index (κ1) is 18.6. The molecule has 3 rings (SSSR count). The topological polar surface area (TPSA) is 57.9 Å². The minimum atomic E-state index is 0. The van der Waals surface area contributed by atoms with Gasteiger partial charge in [0, 0.05) is 17.3 Å². The lowest BCUT2D eigenvalue weighted by atomic mass is 10.1. The molecule has 0 radical (unpaired) electrons. The molecule has 0 bridgehead atoms. The summed E-state index contributed by atoms with van der Waals surface area (Å²) in [6.45, 7) is 4.66. The fourth-order valence-corrected chi connectivity index (χ4v) is 2.66. The maximum Gasteiger partial charge on any atom is 0.120 e. The van der Waals surface area contributed by atoms with Gasteiger partial charge in [0.05, 0.1) is 23.4 Å². The predicted octanol–water partition coefficient (Wildman–Crippen LogP) is 5.23. The highest BCUT2D eigenvalue weighted by Crippen LogP contribution is 2.31. The molecule has 0 saturated carbocycles. The Bertz CT molecular complexity index is 918. The van der Waals surface area contributed by atoms with E-state index in [0.29, 0.717) is 12.2 Å². The minimum Gasteiger partial charge on any atom is -0.494 e. The highest BCUT2D eigenvalue weighted by atomic mass is 35.5. The van der Waals surface area contributed by atoms with Crippen LogP contribution < -0.4 is 10.1 Å². The standard InChI is InChI=1S/C20H19N3O.ClH/c1-3-14-6-5-7-16(10-14)23-20-15(12-21)13-22-19-9-8-17(24-4-2)11-18(19)20;/h5-11,13H,3-4H2,1-2H3,(H,22,23);1H. The van der Waals surface area contributed by atoms with E-state index in [-0.39, 0.29) is 12.4 Å². The molecule has 0 aliphatic heterocycles. The van der Waals surface area contributed by atoms with Crippen molar-refractivity contribution in [2.45, 2.75) is 20.3 Å². The third-order valence-electron chi connectivity index (χ3n) is 3.88. The third-order valence-corrected chi connectivity index (χ3v) is 3.88. The van der Waals surface area contributed by atoms with Crippen LogP contribution in [0.1, 0.15) is 25.0 Å². The number of hydrogen-bond acceptors (Lipinski definition) is 4. The molecule has 0 saturated heterocycles. The van der Waals surface area contributed by atoms with Gasteiger partial charge in [-0.25, -0.2) is 0 Å². The van der Waals surface area contributed by atoms with Gasteiger partial charge in [0.15, 0.2) is 0 Å². The average Bonchev–Trinajstić information content (AvgIpc) is 2.62. The van der Waals surface area contributed by atoms with E-state index in [1.165, 1.54) is 5.56 Å². The Labute approximate surface area is 153 Å². The molecule has 0 amide bonds. The van der Waals surface area contributed by atoms with Crippen LogP contribution in [0.5, 0.6) is 5.75 Å². The van der Waals surface area contributed by atoms with Gasteiger partial charge in [0.2, 0.25) is 0 Å². The van der Waals surface area contributed by atoms with Crippen LogP contribution in [-0.4, -0.2) is 11.6 Å². The predicted molar refractivity (Wildman–Crippen MR) is 104 cm³/mol. The van der Waals surface area contributed by atoms with Crippen molar-refractivity contribution in [3.8, 4) is 11.8 Å². The molecule has 1 aromatic heterocycles. The number of anilines is 2. The van der Waals surface area contributed by atoms with E-state index in [0.717, 1.165) is 34.4 Å². The number of nitrogens with one attached hydrogen (secondary N) is 1. The number of nitriles is 1. The van der Waals surface area contributed by atoms with Crippen molar-refractivity contribution in [2.75, 3.05) is 11.9 Å². The molecule has 3 aromatic rings. The van der Waals surface area contributed by atoms with Gasteiger partial charge in [-0.15, -0.1) is 12.4 Å². The molecule has 0 atom stereocenters. The van der Waals surface area contributed by atoms with Crippen LogP contribution in [0.15, 0.2) is 48.7 Å². The number of halogens is 1. The Morgan fingerprint density at radius 2 is 2.00 bits per heavy atom. The summed E-state index contributed by atoms with van der Waals surface area (Å²) in [5.74, 6) is 0.771. The third kappa shape index (κ3) is 4.01. The Morgan fingerprint density at radius 1 is 1.16 bits per heavy atom. The van der Waals surface area contributed by atoms with Crippen LogP contribution in [0, 0.1) is 11.3 Å². The molecule has 0 spiro atoms. The van der Waals surface area contributed by atoms with Gasteiger partial charge in [-0.05, 0) is 49.2 Å². The van der Waals surface area contributed by atoms with E-state index in [9.17, 15) is 5.26 Å². The number of ether oxygens (including phenoxy) is 1. The first-order valence-corrected chi connectivity index (χ1v) is 8.06. The number of fused-ring (bicyclic) bond motifs is 1. The summed E-state index contributed by atoms with van der Waals surface area (Å²) < 4.78 is 5.59. The summed E-state index contributed by atoms with van der Waals surface area (Å²) in [6.07, 6.45) is 2.57. The zero-order valence-corrected chi connectivity index (χ0v) is 15.1. The van der Waals surface area contributed by atoms with Gasteiger partial charge in [-0.2, -0.15) is 5.26 Å². The van der Waals surface area contributed by atoms with Gasteiger partial charge in [0.1, 0.15) is 11.8 Å². The molecule has 5 heteroatoms. The molecule has 4 nitrogen and oxygen atoms in total. The largest absolute Gasteiger partial charge is 0.494 e. The molecular formula is C20H20ClN3O.